The monoisotopic (exact) mass is 1160 g/mol. The third-order valence-electron chi connectivity index (χ3n) is 16.9. The summed E-state index contributed by atoms with van der Waals surface area (Å²) in [6.45, 7) is 4.88. The number of aliphatic hydroxyl groups is 1. The van der Waals surface area contributed by atoms with Crippen LogP contribution in [0.15, 0.2) is 24.3 Å². The second-order valence-electron chi connectivity index (χ2n) is 26.3. The molecule has 0 aromatic carbocycles. The number of unbranched alkanes of at least 4 members (excludes halogenated alkanes) is 53. The van der Waals surface area contributed by atoms with E-state index in [-0.39, 0.29) is 19.1 Å². The van der Waals surface area contributed by atoms with E-state index in [0.29, 0.717) is 17.4 Å². The van der Waals surface area contributed by atoms with Crippen molar-refractivity contribution in [3.05, 3.63) is 24.3 Å². The summed E-state index contributed by atoms with van der Waals surface area (Å²) in [7, 11) is 1.59. The number of likely N-dealkylation sites (N-methyl/N-ethyl adjacent to an activating group) is 1. The smallest absolute Gasteiger partial charge is 0.387 e. The Balaban J connectivity index is 3.94. The minimum atomic E-state index is -4.35. The zero-order chi connectivity index (χ0) is 59.1. The molecule has 0 bridgehead atoms. The maximum atomic E-state index is 13.1. The van der Waals surface area contributed by atoms with Crippen molar-refractivity contribution in [2.45, 2.75) is 392 Å². The number of hydrogen-bond donors (Lipinski definition) is 3. The van der Waals surface area contributed by atoms with Crippen LogP contribution in [-0.4, -0.2) is 73.4 Å². The number of phosphoric acid groups is 1. The van der Waals surface area contributed by atoms with Crippen LogP contribution in [0.3, 0.4) is 0 Å². The molecule has 0 aliphatic carbocycles. The summed E-state index contributed by atoms with van der Waals surface area (Å²) >= 11 is 0. The van der Waals surface area contributed by atoms with E-state index in [1.807, 2.05) is 27.2 Å². The van der Waals surface area contributed by atoms with Gasteiger partial charge in [-0.3, -0.25) is 13.8 Å². The third kappa shape index (κ3) is 66.4. The third-order valence-corrected chi connectivity index (χ3v) is 17.9. The Morgan fingerprint density at radius 2 is 0.667 bits per heavy atom. The molecule has 0 rings (SSSR count). The van der Waals surface area contributed by atoms with Crippen LogP contribution in [0.25, 0.3) is 0 Å². The van der Waals surface area contributed by atoms with Gasteiger partial charge in [0.25, 0.3) is 0 Å². The molecule has 0 spiro atoms. The average Bonchev–Trinajstić information content (AvgIpc) is 3.43. The van der Waals surface area contributed by atoms with Crippen LogP contribution in [-0.2, 0) is 18.4 Å². The Morgan fingerprint density at radius 3 is 0.951 bits per heavy atom. The van der Waals surface area contributed by atoms with E-state index in [1.54, 1.807) is 6.08 Å². The fourth-order valence-electron chi connectivity index (χ4n) is 11.3. The molecular weight excluding hydrogens is 1020 g/mol. The molecule has 3 N–H and O–H groups in total. The number of aliphatic hydroxyl groups excluding tert-OH is 1. The lowest BCUT2D eigenvalue weighted by Crippen LogP contribution is -2.45. The predicted molar refractivity (Wildman–Crippen MR) is 355 cm³/mol. The molecule has 0 aliphatic heterocycles. The Morgan fingerprint density at radius 1 is 0.407 bits per heavy atom. The Labute approximate surface area is 506 Å². The van der Waals surface area contributed by atoms with E-state index in [1.165, 1.54) is 327 Å². The molecule has 81 heavy (non-hydrogen) atoms. The minimum Gasteiger partial charge on any atom is -0.387 e. The van der Waals surface area contributed by atoms with Crippen molar-refractivity contribution in [1.82, 2.24) is 5.32 Å². The first-order valence-corrected chi connectivity index (χ1v) is 37.7. The van der Waals surface area contributed by atoms with Crippen LogP contribution in [0.4, 0.5) is 0 Å². The maximum absolute atomic E-state index is 13.1. The molecule has 9 heteroatoms. The van der Waals surface area contributed by atoms with Crippen LogP contribution in [0.5, 0.6) is 0 Å². The van der Waals surface area contributed by atoms with Crippen molar-refractivity contribution in [2.75, 3.05) is 40.9 Å². The lowest BCUT2D eigenvalue weighted by molar-refractivity contribution is -0.870. The van der Waals surface area contributed by atoms with Gasteiger partial charge >= 0.3 is 7.82 Å². The summed E-state index contributed by atoms with van der Waals surface area (Å²) in [5.41, 5.74) is 0. The van der Waals surface area contributed by atoms with Crippen molar-refractivity contribution >= 4 is 13.7 Å². The van der Waals surface area contributed by atoms with Crippen molar-refractivity contribution in [3.63, 3.8) is 0 Å². The SMILES string of the molecule is CCCCCCCCCC/C=C\CCCCCCCCCCCCCCCCCCCCCCCCCCCC(=O)NC(COP(=O)(O)OCC[N+](C)(C)C)C(O)/C=C/CCCCCCCCCCCCCCCCCCCCCC. The Bertz CT molecular complexity index is 1370. The number of amides is 1. The molecule has 0 heterocycles. The molecule has 0 fully saturated rings. The number of rotatable bonds is 68. The highest BCUT2D eigenvalue weighted by atomic mass is 31.2. The fraction of sp³-hybridized carbons (Fsp3) is 0.931. The van der Waals surface area contributed by atoms with Crippen molar-refractivity contribution < 1.29 is 32.9 Å². The lowest BCUT2D eigenvalue weighted by Gasteiger charge is -2.25. The molecule has 0 saturated heterocycles. The summed E-state index contributed by atoms with van der Waals surface area (Å²) in [5, 5.41) is 14.0. The summed E-state index contributed by atoms with van der Waals surface area (Å²) in [6, 6.07) is -0.845. The van der Waals surface area contributed by atoms with Gasteiger partial charge in [0, 0.05) is 6.42 Å². The second-order valence-corrected chi connectivity index (χ2v) is 27.8. The molecular formula is C72H144N2O6P+. The fourth-order valence-corrected chi connectivity index (χ4v) is 12.0. The van der Waals surface area contributed by atoms with E-state index in [0.717, 1.165) is 32.1 Å². The van der Waals surface area contributed by atoms with Crippen LogP contribution in [0, 0.1) is 0 Å². The highest BCUT2D eigenvalue weighted by Gasteiger charge is 2.28. The molecule has 0 radical (unpaired) electrons. The number of quaternary nitrogens is 1. The highest BCUT2D eigenvalue weighted by Crippen LogP contribution is 2.43. The van der Waals surface area contributed by atoms with Gasteiger partial charge in [0.15, 0.2) is 0 Å². The zero-order valence-electron chi connectivity index (χ0n) is 55.3. The van der Waals surface area contributed by atoms with Gasteiger partial charge in [-0.25, -0.2) is 4.57 Å². The molecule has 3 unspecified atom stereocenters. The number of allylic oxidation sites excluding steroid dienone is 3. The maximum Gasteiger partial charge on any atom is 0.472 e. The average molecular weight is 1160 g/mol. The topological polar surface area (TPSA) is 105 Å². The van der Waals surface area contributed by atoms with E-state index < -0.39 is 20.0 Å². The number of carbonyl (C=O) groups is 1. The van der Waals surface area contributed by atoms with Gasteiger partial charge in [0.05, 0.1) is 39.9 Å². The first kappa shape index (κ1) is 80.0. The van der Waals surface area contributed by atoms with Gasteiger partial charge in [0.1, 0.15) is 13.2 Å². The van der Waals surface area contributed by atoms with Crippen LogP contribution in [0.1, 0.15) is 380 Å². The van der Waals surface area contributed by atoms with Gasteiger partial charge in [-0.15, -0.1) is 0 Å². The standard InChI is InChI=1S/C72H143N2O6P/c1-6-8-10-12-14-16-18-20-22-24-26-28-30-31-32-33-34-35-36-37-38-39-40-41-42-43-44-46-48-50-52-54-56-58-60-62-64-66-72(76)73-70(69-80-81(77,78)79-68-67-74(3,4)5)71(75)65-63-61-59-57-55-53-51-49-47-45-29-27-25-23-21-19-17-15-13-11-9-7-2/h24,26,63,65,70-71,75H,6-23,25,27-62,64,66-69H2,1-5H3,(H-,73,76,77,78)/p+1/b26-24-,65-63+. The van der Waals surface area contributed by atoms with Gasteiger partial charge < -0.3 is 19.8 Å². The molecule has 3 atom stereocenters. The number of carbonyl (C=O) groups excluding carboxylic acids is 1. The predicted octanol–water partition coefficient (Wildman–Crippen LogP) is 23.1. The van der Waals surface area contributed by atoms with Gasteiger partial charge in [-0.2, -0.15) is 0 Å². The summed E-state index contributed by atoms with van der Waals surface area (Å²) in [5.74, 6) is -0.168. The minimum absolute atomic E-state index is 0.0647. The normalized spacial score (nSPS) is 13.7. The van der Waals surface area contributed by atoms with Crippen LogP contribution >= 0.6 is 7.82 Å². The Hall–Kier alpha value is -1.02. The number of nitrogens with one attached hydrogen (secondary N) is 1. The molecule has 0 aromatic rings. The molecule has 8 nitrogen and oxygen atoms in total. The number of hydrogen-bond acceptors (Lipinski definition) is 5. The van der Waals surface area contributed by atoms with E-state index >= 15 is 0 Å². The Kier molecular flexibility index (Phi) is 62.7. The molecule has 0 aliphatic rings. The van der Waals surface area contributed by atoms with Crippen LogP contribution in [0.2, 0.25) is 0 Å². The van der Waals surface area contributed by atoms with E-state index in [9.17, 15) is 19.4 Å². The van der Waals surface area contributed by atoms with Gasteiger partial charge in [-0.05, 0) is 44.9 Å². The molecule has 0 aromatic heterocycles. The largest absolute Gasteiger partial charge is 0.472 e. The number of nitrogens with zero attached hydrogens (tertiary/aromatic N) is 1. The molecule has 0 saturated carbocycles. The summed E-state index contributed by atoms with van der Waals surface area (Å²) in [4.78, 5) is 23.4. The summed E-state index contributed by atoms with van der Waals surface area (Å²) < 4.78 is 23.8. The molecule has 1 amide bonds. The van der Waals surface area contributed by atoms with Crippen molar-refractivity contribution in [3.8, 4) is 0 Å². The van der Waals surface area contributed by atoms with Crippen molar-refractivity contribution in [1.29, 1.82) is 0 Å². The van der Waals surface area contributed by atoms with Crippen molar-refractivity contribution in [2.24, 2.45) is 0 Å². The van der Waals surface area contributed by atoms with E-state index in [4.69, 9.17) is 9.05 Å². The first-order valence-electron chi connectivity index (χ1n) is 36.2. The lowest BCUT2D eigenvalue weighted by atomic mass is 10.0. The van der Waals surface area contributed by atoms with Crippen LogP contribution < -0.4 is 5.32 Å². The molecule has 482 valence electrons. The summed E-state index contributed by atoms with van der Waals surface area (Å²) in [6.07, 6.45) is 83.4. The quantitative estimate of drug-likeness (QED) is 0.0243. The van der Waals surface area contributed by atoms with E-state index in [2.05, 4.69) is 31.3 Å². The van der Waals surface area contributed by atoms with Gasteiger partial charge in [0.2, 0.25) is 5.91 Å². The first-order chi connectivity index (χ1) is 39.5. The highest BCUT2D eigenvalue weighted by molar-refractivity contribution is 7.47. The number of phosphoric ester groups is 1. The van der Waals surface area contributed by atoms with Gasteiger partial charge in [-0.1, -0.05) is 353 Å². The zero-order valence-corrected chi connectivity index (χ0v) is 56.2. The second kappa shape index (κ2) is 63.5.